The Kier molecular flexibility index (Phi) is 10.9. The highest BCUT2D eigenvalue weighted by atomic mass is 32.1. The van der Waals surface area contributed by atoms with Crippen LogP contribution < -0.4 is 10.6 Å². The van der Waals surface area contributed by atoms with Gasteiger partial charge in [0.05, 0.1) is 103 Å². The molecule has 0 spiro atoms. The van der Waals surface area contributed by atoms with Crippen LogP contribution in [-0.4, -0.2) is 103 Å². The molecule has 1 amide bonds. The molecule has 1 aromatic carbocycles. The molecule has 0 aliphatic carbocycles. The van der Waals surface area contributed by atoms with Crippen molar-refractivity contribution in [3.63, 3.8) is 0 Å². The lowest BCUT2D eigenvalue weighted by molar-refractivity contribution is -0.0414. The predicted molar refractivity (Wildman–Crippen MR) is 180 cm³/mol. The van der Waals surface area contributed by atoms with Crippen LogP contribution in [0, 0.1) is 0 Å². The highest BCUT2D eigenvalue weighted by Gasteiger charge is 2.33. The molecule has 4 aromatic heterocycles. The van der Waals surface area contributed by atoms with Crippen molar-refractivity contribution in [2.45, 2.75) is 38.9 Å². The van der Waals surface area contributed by atoms with Gasteiger partial charge in [0.25, 0.3) is 5.91 Å². The summed E-state index contributed by atoms with van der Waals surface area (Å²) in [4.78, 5) is 36.4. The second-order valence-electron chi connectivity index (χ2n) is 11.8. The first-order valence-electron chi connectivity index (χ1n) is 15.8. The molecule has 0 atom stereocenters. The highest BCUT2D eigenvalue weighted by molar-refractivity contribution is 7.26. The number of ether oxygens (including phenoxy) is 5. The number of H-pyrrole nitrogens is 1. The SMILES string of the molecule is COCCOCCOCCOCCNC(=O)c1c2c(nc3sc4c(NCCc5ccc6[nH]cnc6c5)ncnc4c13)CC(C)(C)OC2. The molecule has 0 radical (unpaired) electrons. The number of carbonyl (C=O) groups excluding carboxylic acids is 1. The number of methoxy groups -OCH3 is 1. The minimum atomic E-state index is -0.379. The Labute approximate surface area is 276 Å². The van der Waals surface area contributed by atoms with Gasteiger partial charge in [-0.3, -0.25) is 4.79 Å². The number of pyridine rings is 1. The third kappa shape index (κ3) is 8.03. The van der Waals surface area contributed by atoms with Gasteiger partial charge < -0.3 is 39.3 Å². The third-order valence-electron chi connectivity index (χ3n) is 7.92. The molecule has 0 saturated carbocycles. The van der Waals surface area contributed by atoms with E-state index in [1.165, 1.54) is 23.2 Å². The fourth-order valence-corrected chi connectivity index (χ4v) is 6.68. The van der Waals surface area contributed by atoms with Crippen LogP contribution in [0.25, 0.3) is 31.5 Å². The molecule has 5 aromatic rings. The lowest BCUT2D eigenvalue weighted by Crippen LogP contribution is -2.35. The zero-order chi connectivity index (χ0) is 32.6. The summed E-state index contributed by atoms with van der Waals surface area (Å²) in [6.45, 7) is 8.72. The minimum absolute atomic E-state index is 0.202. The quantitative estimate of drug-likeness (QED) is 0.124. The van der Waals surface area contributed by atoms with Crippen molar-refractivity contribution in [1.82, 2.24) is 30.2 Å². The zero-order valence-electron chi connectivity index (χ0n) is 27.0. The maximum Gasteiger partial charge on any atom is 0.252 e. The van der Waals surface area contributed by atoms with Gasteiger partial charge in [0.15, 0.2) is 0 Å². The number of imidazole rings is 1. The smallest absolute Gasteiger partial charge is 0.252 e. The molecule has 0 fully saturated rings. The number of carbonyl (C=O) groups is 1. The van der Waals surface area contributed by atoms with Gasteiger partial charge >= 0.3 is 0 Å². The summed E-state index contributed by atoms with van der Waals surface area (Å²) in [6, 6.07) is 6.23. The average molecular weight is 664 g/mol. The lowest BCUT2D eigenvalue weighted by Gasteiger charge is -2.32. The number of fused-ring (bicyclic) bond motifs is 5. The molecular weight excluding hydrogens is 622 g/mol. The van der Waals surface area contributed by atoms with Gasteiger partial charge in [0.2, 0.25) is 0 Å². The van der Waals surface area contributed by atoms with E-state index in [1.807, 2.05) is 19.9 Å². The van der Waals surface area contributed by atoms with Crippen molar-refractivity contribution in [2.75, 3.05) is 71.8 Å². The molecule has 0 unspecified atom stereocenters. The third-order valence-corrected chi connectivity index (χ3v) is 9.00. The topological polar surface area (TPSA) is 155 Å². The van der Waals surface area contributed by atoms with E-state index in [1.54, 1.807) is 13.4 Å². The van der Waals surface area contributed by atoms with Crippen molar-refractivity contribution in [3.8, 4) is 0 Å². The lowest BCUT2D eigenvalue weighted by atomic mass is 9.92. The van der Waals surface area contributed by atoms with Crippen LogP contribution in [0.15, 0.2) is 30.9 Å². The molecular formula is C33H41N7O6S. The van der Waals surface area contributed by atoms with Gasteiger partial charge in [-0.25, -0.2) is 19.9 Å². The summed E-state index contributed by atoms with van der Waals surface area (Å²) in [5.41, 5.74) is 5.69. The molecule has 5 heterocycles. The number of hydrogen-bond donors (Lipinski definition) is 3. The zero-order valence-corrected chi connectivity index (χ0v) is 27.8. The monoisotopic (exact) mass is 663 g/mol. The van der Waals surface area contributed by atoms with Crippen LogP contribution >= 0.6 is 11.3 Å². The molecule has 1 aliphatic rings. The molecule has 1 aliphatic heterocycles. The van der Waals surface area contributed by atoms with E-state index < -0.39 is 0 Å². The maximum absolute atomic E-state index is 13.8. The van der Waals surface area contributed by atoms with Crippen molar-refractivity contribution in [3.05, 3.63) is 53.2 Å². The molecule has 13 nitrogen and oxygen atoms in total. The van der Waals surface area contributed by atoms with Gasteiger partial charge in [-0.1, -0.05) is 6.07 Å². The Morgan fingerprint density at radius 2 is 1.81 bits per heavy atom. The van der Waals surface area contributed by atoms with Gasteiger partial charge in [0.1, 0.15) is 17.0 Å². The standard InChI is InChI=1S/C33H41N7O6S/c1-33(2)17-25-22(18-46-33)26(31(41)35-8-9-43-12-13-45-15-14-44-11-10-42-3)27-28-29(47-32(27)40-25)30(39-20-38-28)34-7-6-21-4-5-23-24(16-21)37-19-36-23/h4-5,16,19-20H,6-15,17-18H2,1-3H3,(H,35,41)(H,36,37)(H,34,38,39). The van der Waals surface area contributed by atoms with Crippen LogP contribution in [0.5, 0.6) is 0 Å². The molecule has 47 heavy (non-hydrogen) atoms. The van der Waals surface area contributed by atoms with Crippen LogP contribution in [0.2, 0.25) is 0 Å². The second-order valence-corrected chi connectivity index (χ2v) is 12.8. The van der Waals surface area contributed by atoms with Gasteiger partial charge in [-0.2, -0.15) is 0 Å². The molecule has 3 N–H and O–H groups in total. The number of hydrogen-bond acceptors (Lipinski definition) is 12. The van der Waals surface area contributed by atoms with Crippen molar-refractivity contribution >= 4 is 54.5 Å². The van der Waals surface area contributed by atoms with E-state index in [-0.39, 0.29) is 11.5 Å². The Bertz CT molecular complexity index is 1820. The van der Waals surface area contributed by atoms with Gasteiger partial charge in [-0.15, -0.1) is 11.3 Å². The average Bonchev–Trinajstić information content (AvgIpc) is 3.68. The number of anilines is 1. The second kappa shape index (κ2) is 15.4. The van der Waals surface area contributed by atoms with Gasteiger partial charge in [0, 0.05) is 32.2 Å². The first-order chi connectivity index (χ1) is 22.9. The number of thiophene rings is 1. The fourth-order valence-electron chi connectivity index (χ4n) is 5.55. The number of amides is 1. The molecule has 6 rings (SSSR count). The van der Waals surface area contributed by atoms with E-state index in [0.29, 0.717) is 83.4 Å². The van der Waals surface area contributed by atoms with Crippen molar-refractivity contribution < 1.29 is 28.5 Å². The predicted octanol–water partition coefficient (Wildman–Crippen LogP) is 4.05. The maximum atomic E-state index is 13.8. The number of nitrogens with one attached hydrogen (secondary N) is 3. The number of aromatic amines is 1. The molecule has 0 saturated heterocycles. The Hall–Kier alpha value is -3.79. The largest absolute Gasteiger partial charge is 0.382 e. The van der Waals surface area contributed by atoms with E-state index in [9.17, 15) is 4.79 Å². The molecule has 14 heteroatoms. The number of aromatic nitrogens is 5. The summed E-state index contributed by atoms with van der Waals surface area (Å²) in [5, 5.41) is 7.25. The minimum Gasteiger partial charge on any atom is -0.382 e. The summed E-state index contributed by atoms with van der Waals surface area (Å²) in [5.74, 6) is 0.517. The summed E-state index contributed by atoms with van der Waals surface area (Å²) in [7, 11) is 1.64. The van der Waals surface area contributed by atoms with Crippen LogP contribution in [0.3, 0.4) is 0 Å². The fraction of sp³-hybridized carbons (Fsp3) is 0.485. The normalized spacial score (nSPS) is 14.2. The highest BCUT2D eigenvalue weighted by Crippen LogP contribution is 2.41. The Morgan fingerprint density at radius 1 is 1.02 bits per heavy atom. The van der Waals surface area contributed by atoms with Gasteiger partial charge in [-0.05, 0) is 38.0 Å². The molecule has 0 bridgehead atoms. The van der Waals surface area contributed by atoms with E-state index in [2.05, 4.69) is 42.7 Å². The number of benzene rings is 1. The van der Waals surface area contributed by atoms with E-state index in [0.717, 1.165) is 49.4 Å². The van der Waals surface area contributed by atoms with E-state index >= 15 is 0 Å². The number of nitrogens with zero attached hydrogens (tertiary/aromatic N) is 4. The first kappa shape index (κ1) is 33.1. The van der Waals surface area contributed by atoms with Crippen molar-refractivity contribution in [1.29, 1.82) is 0 Å². The van der Waals surface area contributed by atoms with E-state index in [4.69, 9.17) is 28.7 Å². The Morgan fingerprint density at radius 3 is 2.62 bits per heavy atom. The summed E-state index contributed by atoms with van der Waals surface area (Å²) >= 11 is 1.50. The number of rotatable bonds is 17. The first-order valence-corrected chi connectivity index (χ1v) is 16.6. The summed E-state index contributed by atoms with van der Waals surface area (Å²) < 4.78 is 28.5. The van der Waals surface area contributed by atoms with Crippen LogP contribution in [0.1, 0.15) is 41.0 Å². The van der Waals surface area contributed by atoms with Crippen LogP contribution in [-0.2, 0) is 43.1 Å². The van der Waals surface area contributed by atoms with Crippen molar-refractivity contribution in [2.24, 2.45) is 0 Å². The van der Waals surface area contributed by atoms with Crippen LogP contribution in [0.4, 0.5) is 5.82 Å². The summed E-state index contributed by atoms with van der Waals surface area (Å²) in [6.07, 6.45) is 4.64. The Balaban J connectivity index is 1.14. The molecule has 250 valence electrons.